The molecule has 15 heteroatoms. The highest BCUT2D eigenvalue weighted by molar-refractivity contribution is 5.98. The molecule has 222 valence electrons. The summed E-state index contributed by atoms with van der Waals surface area (Å²) < 4.78 is 5.89. The molecular weight excluding hydrogens is 544 g/mol. The third-order valence-electron chi connectivity index (χ3n) is 8.74. The molecule has 0 radical (unpaired) electrons. The number of aryl methyl sites for hydroxylation is 1. The second-order valence-corrected chi connectivity index (χ2v) is 11.7. The lowest BCUT2D eigenvalue weighted by Gasteiger charge is -2.51. The number of nitrogens with one attached hydrogen (secondary N) is 7. The van der Waals surface area contributed by atoms with Crippen LogP contribution < -0.4 is 31.3 Å². The van der Waals surface area contributed by atoms with Gasteiger partial charge in [0.1, 0.15) is 17.5 Å². The molecule has 0 saturated carbocycles. The minimum atomic E-state index is -2.66. The van der Waals surface area contributed by atoms with Crippen LogP contribution in [0.5, 0.6) is 5.75 Å². The summed E-state index contributed by atoms with van der Waals surface area (Å²) in [4.78, 5) is 35.9. The lowest BCUT2D eigenvalue weighted by Crippen LogP contribution is -2.81. The van der Waals surface area contributed by atoms with Crippen LogP contribution in [0.15, 0.2) is 30.6 Å². The Hall–Kier alpha value is -4.50. The first-order valence-corrected chi connectivity index (χ1v) is 13.7. The van der Waals surface area contributed by atoms with Crippen molar-refractivity contribution in [2.75, 3.05) is 19.7 Å². The quantitative estimate of drug-likeness (QED) is 0.185. The molecule has 1 aromatic carbocycles. The first-order valence-electron chi connectivity index (χ1n) is 13.7. The normalized spacial score (nSPS) is 28.2. The van der Waals surface area contributed by atoms with Gasteiger partial charge >= 0.3 is 0 Å². The van der Waals surface area contributed by atoms with Crippen molar-refractivity contribution < 1.29 is 24.5 Å². The van der Waals surface area contributed by atoms with Gasteiger partial charge in [-0.05, 0) is 24.8 Å². The van der Waals surface area contributed by atoms with Crippen molar-refractivity contribution in [1.29, 1.82) is 10.8 Å². The maximum absolute atomic E-state index is 13.6. The fourth-order valence-electron chi connectivity index (χ4n) is 6.45. The molecule has 1 aromatic heterocycles. The van der Waals surface area contributed by atoms with Gasteiger partial charge in [0.05, 0.1) is 29.9 Å². The molecular formula is C27H34N10O5. The number of hydrogen-bond donors (Lipinski definition) is 9. The van der Waals surface area contributed by atoms with E-state index in [2.05, 4.69) is 50.4 Å². The van der Waals surface area contributed by atoms with E-state index in [1.165, 1.54) is 17.3 Å². The number of aliphatic hydroxyl groups is 2. The minimum Gasteiger partial charge on any atom is -0.492 e. The number of para-hydroxylation sites is 1. The molecule has 0 bridgehead atoms. The van der Waals surface area contributed by atoms with Crippen molar-refractivity contribution in [1.82, 2.24) is 41.5 Å². The highest BCUT2D eigenvalue weighted by Crippen LogP contribution is 2.44. The Balaban J connectivity index is 1.26. The molecule has 3 saturated heterocycles. The average Bonchev–Trinajstić information content (AvgIpc) is 3.41. The molecule has 1 spiro atoms. The second kappa shape index (κ2) is 9.52. The fourth-order valence-corrected chi connectivity index (χ4v) is 6.45. The van der Waals surface area contributed by atoms with E-state index in [1.54, 1.807) is 19.1 Å². The summed E-state index contributed by atoms with van der Waals surface area (Å²) >= 11 is 0. The summed E-state index contributed by atoms with van der Waals surface area (Å²) in [7, 11) is 0. The van der Waals surface area contributed by atoms with E-state index >= 15 is 0 Å². The number of hydrogen-bond acceptors (Lipinski definition) is 9. The maximum Gasteiger partial charge on any atom is 0.271 e. The Kier molecular flexibility index (Phi) is 6.27. The van der Waals surface area contributed by atoms with Gasteiger partial charge < -0.3 is 46.4 Å². The van der Waals surface area contributed by atoms with Gasteiger partial charge in [-0.1, -0.05) is 26.0 Å². The van der Waals surface area contributed by atoms with Gasteiger partial charge in [-0.2, -0.15) is 0 Å². The molecule has 9 N–H and O–H groups in total. The van der Waals surface area contributed by atoms with Crippen molar-refractivity contribution >= 4 is 23.7 Å². The lowest BCUT2D eigenvalue weighted by atomic mass is 9.79. The monoisotopic (exact) mass is 578 g/mol. The van der Waals surface area contributed by atoms with Crippen LogP contribution in [0.3, 0.4) is 0 Å². The summed E-state index contributed by atoms with van der Waals surface area (Å²) in [6, 6.07) is 2.39. The predicted octanol–water partition coefficient (Wildman–Crippen LogP) is -1.53. The van der Waals surface area contributed by atoms with E-state index < -0.39 is 41.4 Å². The molecule has 6 rings (SSSR count). The van der Waals surface area contributed by atoms with Gasteiger partial charge in [0.2, 0.25) is 5.79 Å². The number of carbonyl (C=O) groups excluding carboxylic acids is 2. The van der Waals surface area contributed by atoms with Gasteiger partial charge in [-0.3, -0.25) is 25.4 Å². The van der Waals surface area contributed by atoms with E-state index in [9.17, 15) is 19.8 Å². The van der Waals surface area contributed by atoms with Crippen LogP contribution in [-0.4, -0.2) is 98.1 Å². The number of fused-ring (bicyclic) bond motifs is 1. The lowest BCUT2D eigenvalue weighted by molar-refractivity contribution is -0.232. The zero-order valence-electron chi connectivity index (χ0n) is 23.4. The Labute approximate surface area is 241 Å². The van der Waals surface area contributed by atoms with E-state index in [0.717, 1.165) is 12.0 Å². The van der Waals surface area contributed by atoms with Crippen LogP contribution in [-0.2, 0) is 5.41 Å². The third kappa shape index (κ3) is 4.02. The first-order chi connectivity index (χ1) is 19.9. The van der Waals surface area contributed by atoms with E-state index in [1.807, 2.05) is 6.07 Å². The summed E-state index contributed by atoms with van der Waals surface area (Å²) in [5, 5.41) is 54.7. The van der Waals surface area contributed by atoms with Crippen molar-refractivity contribution in [2.24, 2.45) is 0 Å². The van der Waals surface area contributed by atoms with Crippen molar-refractivity contribution in [2.45, 2.75) is 62.2 Å². The number of nitrogens with zero attached hydrogens (tertiary/aromatic N) is 3. The predicted molar refractivity (Wildman–Crippen MR) is 149 cm³/mol. The number of rotatable bonds is 5. The molecule has 4 atom stereocenters. The number of ether oxygens (including phenoxy) is 1. The highest BCUT2D eigenvalue weighted by Gasteiger charge is 2.74. The topological polar surface area (TPSA) is 221 Å². The molecule has 0 aliphatic carbocycles. The summed E-state index contributed by atoms with van der Waals surface area (Å²) in [6.45, 7) is 6.07. The van der Waals surface area contributed by atoms with Gasteiger partial charge in [-0.25, -0.2) is 4.98 Å². The van der Waals surface area contributed by atoms with Crippen LogP contribution in [0.25, 0.3) is 0 Å². The zero-order valence-corrected chi connectivity index (χ0v) is 23.4. The minimum absolute atomic E-state index is 0.0458. The molecule has 2 amide bonds. The number of guanidine groups is 2. The molecule has 3 fully saturated rings. The smallest absolute Gasteiger partial charge is 0.271 e. The van der Waals surface area contributed by atoms with E-state index in [0.29, 0.717) is 18.1 Å². The summed E-state index contributed by atoms with van der Waals surface area (Å²) in [6.07, 6.45) is 3.68. The van der Waals surface area contributed by atoms with Gasteiger partial charge in [0.25, 0.3) is 11.8 Å². The van der Waals surface area contributed by atoms with E-state index in [-0.39, 0.29) is 41.7 Å². The van der Waals surface area contributed by atoms with Gasteiger partial charge in [0.15, 0.2) is 17.6 Å². The van der Waals surface area contributed by atoms with Gasteiger partial charge in [0, 0.05) is 31.0 Å². The molecule has 4 aliphatic rings. The first kappa shape index (κ1) is 27.7. The highest BCUT2D eigenvalue weighted by atomic mass is 16.5. The SMILES string of the molecule is Cc1nccnc1C(=O)NC[C@H]1NC(=N)N2CC(NC(=O)c3cccc4c3OCCC4(C)C)C(O)(O)C23NC(=N)NC13. The molecule has 2 aromatic rings. The summed E-state index contributed by atoms with van der Waals surface area (Å²) in [5.41, 5.74) is -0.255. The zero-order chi connectivity index (χ0) is 30.0. The van der Waals surface area contributed by atoms with Crippen LogP contribution >= 0.6 is 0 Å². The van der Waals surface area contributed by atoms with E-state index in [4.69, 9.17) is 15.6 Å². The Morgan fingerprint density at radius 1 is 1.17 bits per heavy atom. The Morgan fingerprint density at radius 2 is 1.93 bits per heavy atom. The van der Waals surface area contributed by atoms with Crippen LogP contribution in [0.1, 0.15) is 52.4 Å². The Bertz CT molecular complexity index is 1500. The largest absolute Gasteiger partial charge is 0.492 e. The molecule has 4 aliphatic heterocycles. The van der Waals surface area contributed by atoms with Gasteiger partial charge in [-0.15, -0.1) is 0 Å². The molecule has 42 heavy (non-hydrogen) atoms. The standard InChI is InChI=1S/C27H34N10O5/c1-13-18(31-9-8-30-13)22(39)32-11-16-20-26(36-23(28)35-20)27(40,41)17(12-37(26)24(29)33-16)34-21(38)14-5-4-6-15-19(14)42-10-7-25(15,2)3/h4-6,8-9,16-17,20,40-41H,7,10-12H2,1-3H3,(H2,29,33)(H,32,39)(H,34,38)(H3,28,35,36)/t16-,17?,20?,26?/m1/s1. The molecule has 15 nitrogen and oxygen atoms in total. The number of benzene rings is 1. The third-order valence-corrected chi connectivity index (χ3v) is 8.74. The summed E-state index contributed by atoms with van der Waals surface area (Å²) in [5.74, 6) is -3.61. The van der Waals surface area contributed by atoms with Crippen molar-refractivity contribution in [3.8, 4) is 5.75 Å². The number of aromatic nitrogens is 2. The van der Waals surface area contributed by atoms with Crippen LogP contribution in [0.2, 0.25) is 0 Å². The van der Waals surface area contributed by atoms with Crippen molar-refractivity contribution in [3.05, 3.63) is 53.1 Å². The molecule has 3 unspecified atom stereocenters. The van der Waals surface area contributed by atoms with Crippen molar-refractivity contribution in [3.63, 3.8) is 0 Å². The maximum atomic E-state index is 13.6. The molecule has 5 heterocycles. The van der Waals surface area contributed by atoms with Crippen LogP contribution in [0.4, 0.5) is 0 Å². The second-order valence-electron chi connectivity index (χ2n) is 11.7. The fraction of sp³-hybridized carbons (Fsp3) is 0.481. The number of carbonyl (C=O) groups is 2. The van der Waals surface area contributed by atoms with Crippen LogP contribution in [0, 0.1) is 17.7 Å². The Morgan fingerprint density at radius 3 is 2.69 bits per heavy atom. The number of amides is 2. The average molecular weight is 579 g/mol.